The predicted octanol–water partition coefficient (Wildman–Crippen LogP) is 4.27. The van der Waals surface area contributed by atoms with E-state index in [1.165, 1.54) is 0 Å². The lowest BCUT2D eigenvalue weighted by atomic mass is 10.0. The van der Waals surface area contributed by atoms with E-state index in [4.69, 9.17) is 11.6 Å². The normalized spacial score (nSPS) is 20.6. The summed E-state index contributed by atoms with van der Waals surface area (Å²) in [5.74, 6) is -0.0454. The van der Waals surface area contributed by atoms with Crippen LogP contribution in [-0.2, 0) is 0 Å². The van der Waals surface area contributed by atoms with Gasteiger partial charge >= 0.3 is 0 Å². The van der Waals surface area contributed by atoms with Crippen molar-refractivity contribution in [1.82, 2.24) is 5.32 Å². The molecule has 0 spiro atoms. The summed E-state index contributed by atoms with van der Waals surface area (Å²) in [5, 5.41) is 3.70. The SMILES string of the molecule is CC1(C)C(NC(=O)c2ccc(Cl)c(Br)c2)C1(C)C. The molecule has 0 radical (unpaired) electrons. The topological polar surface area (TPSA) is 29.1 Å². The summed E-state index contributed by atoms with van der Waals surface area (Å²) in [7, 11) is 0. The van der Waals surface area contributed by atoms with Crippen LogP contribution in [0.15, 0.2) is 22.7 Å². The third kappa shape index (κ3) is 2.08. The van der Waals surface area contributed by atoms with Crippen LogP contribution in [-0.4, -0.2) is 11.9 Å². The molecule has 2 rings (SSSR count). The van der Waals surface area contributed by atoms with Crippen LogP contribution in [0.4, 0.5) is 0 Å². The molecule has 1 aliphatic rings. The summed E-state index contributed by atoms with van der Waals surface area (Å²) in [6.45, 7) is 8.71. The molecule has 1 amide bonds. The standard InChI is InChI=1S/C14H17BrClNO/c1-13(2)12(14(13,3)4)17-11(18)8-5-6-10(16)9(15)7-8/h5-7,12H,1-4H3,(H,17,18). The third-order valence-corrected chi connectivity index (χ3v) is 5.69. The molecule has 4 heteroatoms. The first kappa shape index (κ1) is 13.9. The predicted molar refractivity (Wildman–Crippen MR) is 78.0 cm³/mol. The minimum atomic E-state index is -0.0454. The van der Waals surface area contributed by atoms with Crippen molar-refractivity contribution in [1.29, 1.82) is 0 Å². The maximum Gasteiger partial charge on any atom is 0.251 e. The van der Waals surface area contributed by atoms with E-state index in [1.807, 2.05) is 0 Å². The van der Waals surface area contributed by atoms with Crippen molar-refractivity contribution >= 4 is 33.4 Å². The molecule has 1 aromatic rings. The molecule has 0 unspecified atom stereocenters. The number of carbonyl (C=O) groups excluding carboxylic acids is 1. The Morgan fingerprint density at radius 1 is 1.28 bits per heavy atom. The highest BCUT2D eigenvalue weighted by Crippen LogP contribution is 2.62. The van der Waals surface area contributed by atoms with Crippen molar-refractivity contribution in [2.75, 3.05) is 0 Å². The molecule has 0 saturated heterocycles. The summed E-state index contributed by atoms with van der Waals surface area (Å²) in [6.07, 6.45) is 0. The smallest absolute Gasteiger partial charge is 0.251 e. The van der Waals surface area contributed by atoms with Crippen molar-refractivity contribution in [2.45, 2.75) is 33.7 Å². The van der Waals surface area contributed by atoms with Gasteiger partial charge in [0.25, 0.3) is 5.91 Å². The van der Waals surface area contributed by atoms with Crippen LogP contribution >= 0.6 is 27.5 Å². The van der Waals surface area contributed by atoms with Crippen LogP contribution < -0.4 is 5.32 Å². The Kier molecular flexibility index (Phi) is 3.27. The number of nitrogens with one attached hydrogen (secondary N) is 1. The molecule has 0 aromatic heterocycles. The first-order valence-corrected chi connectivity index (χ1v) is 7.11. The van der Waals surface area contributed by atoms with Gasteiger partial charge in [0.1, 0.15) is 0 Å². The lowest BCUT2D eigenvalue weighted by molar-refractivity contribution is 0.0943. The minimum Gasteiger partial charge on any atom is -0.348 e. The first-order valence-electron chi connectivity index (χ1n) is 5.94. The molecule has 1 aromatic carbocycles. The van der Waals surface area contributed by atoms with Crippen LogP contribution in [0, 0.1) is 10.8 Å². The highest BCUT2D eigenvalue weighted by molar-refractivity contribution is 9.10. The third-order valence-electron chi connectivity index (χ3n) is 4.48. The number of amides is 1. The fourth-order valence-electron chi connectivity index (χ4n) is 2.41. The van der Waals surface area contributed by atoms with Crippen molar-refractivity contribution < 1.29 is 4.79 Å². The highest BCUT2D eigenvalue weighted by atomic mass is 79.9. The molecule has 0 atom stereocenters. The van der Waals surface area contributed by atoms with Gasteiger partial charge in [0.05, 0.1) is 5.02 Å². The summed E-state index contributed by atoms with van der Waals surface area (Å²) in [5.41, 5.74) is 0.920. The van der Waals surface area contributed by atoms with Crippen LogP contribution in [0.5, 0.6) is 0 Å². The molecule has 98 valence electrons. The second-order valence-corrected chi connectivity index (χ2v) is 7.24. The summed E-state index contributed by atoms with van der Waals surface area (Å²) >= 11 is 9.24. The number of halogens is 2. The van der Waals surface area contributed by atoms with E-state index in [2.05, 4.69) is 48.9 Å². The second-order valence-electron chi connectivity index (χ2n) is 5.98. The van der Waals surface area contributed by atoms with Gasteiger partial charge in [0.2, 0.25) is 0 Å². The zero-order chi connectivity index (χ0) is 13.7. The Morgan fingerprint density at radius 3 is 2.28 bits per heavy atom. The van der Waals surface area contributed by atoms with Gasteiger partial charge in [-0.25, -0.2) is 0 Å². The average Bonchev–Trinajstić information content (AvgIpc) is 2.65. The van der Waals surface area contributed by atoms with Gasteiger partial charge in [0.15, 0.2) is 0 Å². The van der Waals surface area contributed by atoms with Crippen molar-refractivity contribution in [3.63, 3.8) is 0 Å². The molecule has 1 N–H and O–H groups in total. The monoisotopic (exact) mass is 329 g/mol. The lowest BCUT2D eigenvalue weighted by Gasteiger charge is -2.07. The lowest BCUT2D eigenvalue weighted by Crippen LogP contribution is -2.29. The maximum atomic E-state index is 12.2. The highest BCUT2D eigenvalue weighted by Gasteiger charge is 2.65. The Labute approximate surface area is 121 Å². The number of hydrogen-bond donors (Lipinski definition) is 1. The van der Waals surface area contributed by atoms with Crippen LogP contribution in [0.2, 0.25) is 5.02 Å². The second kappa shape index (κ2) is 4.24. The van der Waals surface area contributed by atoms with Gasteiger partial charge in [-0.15, -0.1) is 0 Å². The quantitative estimate of drug-likeness (QED) is 0.862. The van der Waals surface area contributed by atoms with Gasteiger partial charge in [0, 0.05) is 16.1 Å². The number of benzene rings is 1. The average molecular weight is 331 g/mol. The number of rotatable bonds is 2. The fourth-order valence-corrected chi connectivity index (χ4v) is 2.91. The zero-order valence-electron chi connectivity index (χ0n) is 11.0. The summed E-state index contributed by atoms with van der Waals surface area (Å²) in [6, 6.07) is 5.43. The summed E-state index contributed by atoms with van der Waals surface area (Å²) < 4.78 is 0.742. The van der Waals surface area contributed by atoms with Gasteiger partial charge in [-0.3, -0.25) is 4.79 Å². The Hall–Kier alpha value is -0.540. The Morgan fingerprint density at radius 2 is 1.83 bits per heavy atom. The van der Waals surface area contributed by atoms with E-state index >= 15 is 0 Å². The number of carbonyl (C=O) groups is 1. The minimum absolute atomic E-state index is 0.0454. The van der Waals surface area contributed by atoms with Gasteiger partial charge in [-0.05, 0) is 45.0 Å². The Balaban J connectivity index is 2.12. The van der Waals surface area contributed by atoms with E-state index in [9.17, 15) is 4.79 Å². The fraction of sp³-hybridized carbons (Fsp3) is 0.500. The van der Waals surface area contributed by atoms with Crippen molar-refractivity contribution in [2.24, 2.45) is 10.8 Å². The Bertz CT molecular complexity index is 497. The van der Waals surface area contributed by atoms with E-state index in [1.54, 1.807) is 18.2 Å². The largest absolute Gasteiger partial charge is 0.348 e. The summed E-state index contributed by atoms with van der Waals surface area (Å²) in [4.78, 5) is 12.2. The van der Waals surface area contributed by atoms with Crippen molar-refractivity contribution in [3.8, 4) is 0 Å². The molecule has 0 bridgehead atoms. The maximum absolute atomic E-state index is 12.2. The first-order chi connectivity index (χ1) is 8.18. The molecular weight excluding hydrogens is 314 g/mol. The van der Waals surface area contributed by atoms with Gasteiger partial charge in [-0.1, -0.05) is 39.3 Å². The zero-order valence-corrected chi connectivity index (χ0v) is 13.3. The van der Waals surface area contributed by atoms with Crippen LogP contribution in [0.25, 0.3) is 0 Å². The molecule has 1 fully saturated rings. The van der Waals surface area contributed by atoms with Crippen molar-refractivity contribution in [3.05, 3.63) is 33.3 Å². The molecule has 2 nitrogen and oxygen atoms in total. The molecule has 1 aliphatic carbocycles. The van der Waals surface area contributed by atoms with Gasteiger partial charge in [-0.2, -0.15) is 0 Å². The van der Waals surface area contributed by atoms with E-state index in [0.29, 0.717) is 10.6 Å². The molecular formula is C14H17BrClNO. The van der Waals surface area contributed by atoms with Gasteiger partial charge < -0.3 is 5.32 Å². The van der Waals surface area contributed by atoms with E-state index < -0.39 is 0 Å². The van der Waals surface area contributed by atoms with Crippen LogP contribution in [0.1, 0.15) is 38.1 Å². The molecule has 0 aliphatic heterocycles. The van der Waals surface area contributed by atoms with E-state index in [-0.39, 0.29) is 22.8 Å². The molecule has 0 heterocycles. The van der Waals surface area contributed by atoms with Crippen LogP contribution in [0.3, 0.4) is 0 Å². The molecule has 1 saturated carbocycles. The number of hydrogen-bond acceptors (Lipinski definition) is 1. The molecule has 18 heavy (non-hydrogen) atoms. The van der Waals surface area contributed by atoms with E-state index in [0.717, 1.165) is 4.47 Å².